The lowest BCUT2D eigenvalue weighted by Crippen LogP contribution is -2.04. The largest absolute Gasteiger partial charge is 0.366 e. The van der Waals surface area contributed by atoms with E-state index in [1.807, 2.05) is 0 Å². The van der Waals surface area contributed by atoms with Crippen molar-refractivity contribution in [1.82, 2.24) is 14.6 Å². The molecule has 0 fully saturated rings. The summed E-state index contributed by atoms with van der Waals surface area (Å²) >= 11 is 0. The van der Waals surface area contributed by atoms with E-state index in [-0.39, 0.29) is 0 Å². The normalized spacial score (nSPS) is 15.7. The number of rotatable bonds is 0. The van der Waals surface area contributed by atoms with Gasteiger partial charge in [0, 0.05) is 6.20 Å². The third kappa shape index (κ3) is 1.07. The number of aryl methyl sites for hydroxylation is 2. The molecule has 0 aliphatic heterocycles. The fourth-order valence-electron chi connectivity index (χ4n) is 2.11. The first-order valence-corrected chi connectivity index (χ1v) is 4.96. The molecule has 0 saturated carbocycles. The summed E-state index contributed by atoms with van der Waals surface area (Å²) in [5.41, 5.74) is 9.22. The van der Waals surface area contributed by atoms with Crippen molar-refractivity contribution >= 4 is 11.6 Å². The second kappa shape index (κ2) is 2.70. The fraction of sp³-hybridized carbons (Fsp3) is 0.400. The van der Waals surface area contributed by atoms with Gasteiger partial charge in [-0.2, -0.15) is 4.98 Å². The molecule has 0 spiro atoms. The zero-order valence-electron chi connectivity index (χ0n) is 7.90. The van der Waals surface area contributed by atoms with Crippen LogP contribution in [-0.4, -0.2) is 14.6 Å². The van der Waals surface area contributed by atoms with Gasteiger partial charge in [-0.3, -0.25) is 0 Å². The number of nitrogen functional groups attached to an aromatic ring is 1. The first-order chi connectivity index (χ1) is 6.83. The molecule has 72 valence electrons. The highest BCUT2D eigenvalue weighted by Crippen LogP contribution is 2.22. The highest BCUT2D eigenvalue weighted by atomic mass is 15.3. The van der Waals surface area contributed by atoms with Gasteiger partial charge < -0.3 is 5.73 Å². The number of hydrogen-bond donors (Lipinski definition) is 1. The molecule has 4 heteroatoms. The van der Waals surface area contributed by atoms with Crippen molar-refractivity contribution in [3.05, 3.63) is 23.4 Å². The molecule has 2 aromatic rings. The van der Waals surface area contributed by atoms with Crippen molar-refractivity contribution in [2.24, 2.45) is 0 Å². The highest BCUT2D eigenvalue weighted by Gasteiger charge is 2.11. The predicted molar refractivity (Wildman–Crippen MR) is 54.0 cm³/mol. The average molecular weight is 188 g/mol. The molecule has 3 rings (SSSR count). The van der Waals surface area contributed by atoms with Crippen LogP contribution >= 0.6 is 0 Å². The van der Waals surface area contributed by atoms with E-state index in [0.29, 0.717) is 5.95 Å². The van der Waals surface area contributed by atoms with E-state index < -0.39 is 0 Å². The van der Waals surface area contributed by atoms with Gasteiger partial charge in [-0.25, -0.2) is 4.52 Å². The maximum atomic E-state index is 5.55. The maximum absolute atomic E-state index is 5.55. The molecular formula is C10H12N4. The van der Waals surface area contributed by atoms with Gasteiger partial charge in [0.15, 0.2) is 5.65 Å². The number of nitrogens with zero attached hydrogens (tertiary/aromatic N) is 3. The minimum atomic E-state index is 0.354. The molecule has 0 atom stereocenters. The van der Waals surface area contributed by atoms with E-state index in [2.05, 4.69) is 22.3 Å². The molecule has 0 amide bonds. The van der Waals surface area contributed by atoms with Gasteiger partial charge in [0.05, 0.1) is 0 Å². The van der Waals surface area contributed by atoms with Crippen LogP contribution in [0.25, 0.3) is 5.65 Å². The summed E-state index contributed by atoms with van der Waals surface area (Å²) in [6.07, 6.45) is 6.95. The van der Waals surface area contributed by atoms with Gasteiger partial charge in [-0.05, 0) is 42.9 Å². The third-order valence-electron chi connectivity index (χ3n) is 2.81. The molecule has 2 aromatic heterocycles. The highest BCUT2D eigenvalue weighted by molar-refractivity contribution is 5.47. The average Bonchev–Trinajstić information content (AvgIpc) is 2.53. The third-order valence-corrected chi connectivity index (χ3v) is 2.81. The van der Waals surface area contributed by atoms with Crippen LogP contribution in [0.5, 0.6) is 0 Å². The first kappa shape index (κ1) is 7.79. The Morgan fingerprint density at radius 1 is 1.21 bits per heavy atom. The second-order valence-electron chi connectivity index (χ2n) is 3.80. The molecule has 2 N–H and O–H groups in total. The van der Waals surface area contributed by atoms with Crippen molar-refractivity contribution < 1.29 is 0 Å². The molecule has 0 bridgehead atoms. The van der Waals surface area contributed by atoms with Crippen molar-refractivity contribution in [1.29, 1.82) is 0 Å². The fourth-order valence-corrected chi connectivity index (χ4v) is 2.11. The van der Waals surface area contributed by atoms with Crippen molar-refractivity contribution in [3.8, 4) is 0 Å². The molecule has 1 aliphatic rings. The zero-order chi connectivity index (χ0) is 9.54. The van der Waals surface area contributed by atoms with Gasteiger partial charge >= 0.3 is 0 Å². The minimum absolute atomic E-state index is 0.354. The monoisotopic (exact) mass is 188 g/mol. The Balaban J connectivity index is 2.26. The van der Waals surface area contributed by atoms with Gasteiger partial charge in [0.1, 0.15) is 0 Å². The Labute approximate surface area is 81.8 Å². The number of nitrogens with two attached hydrogens (primary N) is 1. The molecular weight excluding hydrogens is 176 g/mol. The molecule has 4 nitrogen and oxygen atoms in total. The smallest absolute Gasteiger partial charge is 0.240 e. The summed E-state index contributed by atoms with van der Waals surface area (Å²) in [5.74, 6) is 0.354. The summed E-state index contributed by atoms with van der Waals surface area (Å²) in [4.78, 5) is 4.15. The van der Waals surface area contributed by atoms with Gasteiger partial charge in [-0.1, -0.05) is 0 Å². The molecule has 0 saturated heterocycles. The van der Waals surface area contributed by atoms with Crippen LogP contribution in [-0.2, 0) is 12.8 Å². The predicted octanol–water partition coefficient (Wildman–Crippen LogP) is 1.19. The Morgan fingerprint density at radius 3 is 2.86 bits per heavy atom. The lowest BCUT2D eigenvalue weighted by molar-refractivity contribution is 0.678. The quantitative estimate of drug-likeness (QED) is 0.675. The number of pyridine rings is 1. The van der Waals surface area contributed by atoms with Crippen LogP contribution in [0, 0.1) is 0 Å². The Bertz CT molecular complexity index is 443. The number of anilines is 1. The van der Waals surface area contributed by atoms with Crippen molar-refractivity contribution in [3.63, 3.8) is 0 Å². The summed E-state index contributed by atoms with van der Waals surface area (Å²) in [7, 11) is 0. The lowest BCUT2D eigenvalue weighted by Gasteiger charge is -2.14. The summed E-state index contributed by atoms with van der Waals surface area (Å²) in [5, 5.41) is 4.10. The van der Waals surface area contributed by atoms with Crippen LogP contribution in [0.2, 0.25) is 0 Å². The SMILES string of the molecule is Nc1nc2cc3c(cn2n1)CCCC3. The van der Waals surface area contributed by atoms with E-state index in [1.165, 1.54) is 30.4 Å². The van der Waals surface area contributed by atoms with E-state index in [0.717, 1.165) is 12.1 Å². The Morgan fingerprint density at radius 2 is 2.00 bits per heavy atom. The Kier molecular flexibility index (Phi) is 1.50. The molecule has 1 aliphatic carbocycles. The molecule has 0 aromatic carbocycles. The molecule has 0 radical (unpaired) electrons. The van der Waals surface area contributed by atoms with Crippen LogP contribution < -0.4 is 5.73 Å². The van der Waals surface area contributed by atoms with Crippen LogP contribution in [0.4, 0.5) is 5.95 Å². The summed E-state index contributed by atoms with van der Waals surface area (Å²) < 4.78 is 1.78. The molecule has 0 unspecified atom stereocenters. The van der Waals surface area contributed by atoms with Crippen LogP contribution in [0.15, 0.2) is 12.3 Å². The van der Waals surface area contributed by atoms with Gasteiger partial charge in [-0.15, -0.1) is 5.10 Å². The first-order valence-electron chi connectivity index (χ1n) is 4.96. The lowest BCUT2D eigenvalue weighted by atomic mass is 9.93. The van der Waals surface area contributed by atoms with E-state index in [4.69, 9.17) is 5.73 Å². The second-order valence-corrected chi connectivity index (χ2v) is 3.80. The Hall–Kier alpha value is -1.58. The van der Waals surface area contributed by atoms with Crippen LogP contribution in [0.1, 0.15) is 24.0 Å². The summed E-state index contributed by atoms with van der Waals surface area (Å²) in [6.45, 7) is 0. The van der Waals surface area contributed by atoms with Gasteiger partial charge in [0.2, 0.25) is 5.95 Å². The standard InChI is InChI=1S/C10H12N4/c11-10-12-9-5-7-3-1-2-4-8(7)6-14(9)13-10/h5-6H,1-4H2,(H2,11,13). The number of fused-ring (bicyclic) bond motifs is 2. The van der Waals surface area contributed by atoms with Crippen LogP contribution in [0.3, 0.4) is 0 Å². The van der Waals surface area contributed by atoms with E-state index in [9.17, 15) is 0 Å². The van der Waals surface area contributed by atoms with Crippen molar-refractivity contribution in [2.45, 2.75) is 25.7 Å². The topological polar surface area (TPSA) is 56.2 Å². The number of hydrogen-bond acceptors (Lipinski definition) is 3. The number of aromatic nitrogens is 3. The molecule has 14 heavy (non-hydrogen) atoms. The van der Waals surface area contributed by atoms with Gasteiger partial charge in [0.25, 0.3) is 0 Å². The van der Waals surface area contributed by atoms with E-state index >= 15 is 0 Å². The molecule has 2 heterocycles. The minimum Gasteiger partial charge on any atom is -0.366 e. The maximum Gasteiger partial charge on any atom is 0.240 e. The van der Waals surface area contributed by atoms with Crippen molar-refractivity contribution in [2.75, 3.05) is 5.73 Å². The summed E-state index contributed by atoms with van der Waals surface area (Å²) in [6, 6.07) is 2.11. The zero-order valence-corrected chi connectivity index (χ0v) is 7.90. The van der Waals surface area contributed by atoms with E-state index in [1.54, 1.807) is 4.52 Å².